The van der Waals surface area contributed by atoms with E-state index in [1.165, 1.54) is 12.1 Å². The van der Waals surface area contributed by atoms with Crippen LogP contribution in [0.4, 0.5) is 23.7 Å². The number of benzene rings is 3. The summed E-state index contributed by atoms with van der Waals surface area (Å²) in [6.07, 6.45) is -1.31. The first-order valence-corrected chi connectivity index (χ1v) is 10.7. The van der Waals surface area contributed by atoms with Crippen molar-refractivity contribution in [3.05, 3.63) is 89.5 Å². The van der Waals surface area contributed by atoms with Crippen molar-refractivity contribution in [1.29, 1.82) is 0 Å². The monoisotopic (exact) mass is 468 g/mol. The van der Waals surface area contributed by atoms with Crippen molar-refractivity contribution in [2.24, 2.45) is 0 Å². The Balaban J connectivity index is 1.24. The summed E-state index contributed by atoms with van der Waals surface area (Å²) in [4.78, 5) is 12.2. The van der Waals surface area contributed by atoms with Crippen molar-refractivity contribution < 1.29 is 27.4 Å². The number of alkyl halides is 3. The lowest BCUT2D eigenvalue weighted by atomic mass is 9.98. The van der Waals surface area contributed by atoms with E-state index in [2.05, 4.69) is 34.3 Å². The van der Waals surface area contributed by atoms with Gasteiger partial charge in [0.25, 0.3) is 0 Å². The molecule has 0 unspecified atom stereocenters. The molecule has 5 nitrogen and oxygen atoms in total. The van der Waals surface area contributed by atoms with Crippen LogP contribution in [0.25, 0.3) is 17.2 Å². The summed E-state index contributed by atoms with van der Waals surface area (Å²) in [6.45, 7) is 0.583. The number of ether oxygens (including phenoxy) is 2. The molecule has 1 aliphatic rings. The fourth-order valence-electron chi connectivity index (χ4n) is 4.01. The first kappa shape index (κ1) is 23.2. The standard InChI is InChI=1S/C26H23F3N2O3/c27-26(28,29)34-24-13-12-17(15-23(24)30)7-5-6-14-31-25(32)33-16-22-20-10-3-1-8-18(20)19-9-2-4-11-21(19)22/h1-5,7-13,15,22H,6,14,16,30H2,(H,31,32). The summed E-state index contributed by atoms with van der Waals surface area (Å²) in [5, 5.41) is 2.70. The molecule has 176 valence electrons. The highest BCUT2D eigenvalue weighted by atomic mass is 19.4. The molecule has 0 saturated carbocycles. The number of fused-ring (bicyclic) bond motifs is 3. The predicted molar refractivity (Wildman–Crippen MR) is 124 cm³/mol. The van der Waals surface area contributed by atoms with E-state index in [1.807, 2.05) is 24.3 Å². The Kier molecular flexibility index (Phi) is 6.77. The summed E-state index contributed by atoms with van der Waals surface area (Å²) >= 11 is 0. The number of amides is 1. The van der Waals surface area contributed by atoms with Crippen LogP contribution in [0.3, 0.4) is 0 Å². The quantitative estimate of drug-likeness (QED) is 0.324. The molecule has 0 fully saturated rings. The molecule has 0 aromatic heterocycles. The largest absolute Gasteiger partial charge is 0.573 e. The number of halogens is 3. The van der Waals surface area contributed by atoms with E-state index in [1.54, 1.807) is 12.2 Å². The van der Waals surface area contributed by atoms with E-state index in [-0.39, 0.29) is 18.2 Å². The average molecular weight is 468 g/mol. The number of alkyl carbamates (subject to hydrolysis) is 1. The van der Waals surface area contributed by atoms with Crippen molar-refractivity contribution in [1.82, 2.24) is 5.32 Å². The van der Waals surface area contributed by atoms with Crippen LogP contribution < -0.4 is 15.8 Å². The average Bonchev–Trinajstić information content (AvgIpc) is 3.12. The number of hydrogen-bond acceptors (Lipinski definition) is 4. The lowest BCUT2D eigenvalue weighted by Gasteiger charge is -2.14. The zero-order chi connectivity index (χ0) is 24.1. The van der Waals surface area contributed by atoms with Crippen LogP contribution in [0.1, 0.15) is 29.0 Å². The molecule has 0 radical (unpaired) electrons. The zero-order valence-electron chi connectivity index (χ0n) is 18.1. The highest BCUT2D eigenvalue weighted by molar-refractivity contribution is 5.79. The summed E-state index contributed by atoms with van der Waals surface area (Å²) in [7, 11) is 0. The van der Waals surface area contributed by atoms with Crippen LogP contribution in [-0.4, -0.2) is 25.6 Å². The Morgan fingerprint density at radius 2 is 1.65 bits per heavy atom. The molecule has 34 heavy (non-hydrogen) atoms. The van der Waals surface area contributed by atoms with E-state index >= 15 is 0 Å². The van der Waals surface area contributed by atoms with Crippen molar-refractivity contribution in [2.75, 3.05) is 18.9 Å². The second-order valence-corrected chi connectivity index (χ2v) is 7.79. The van der Waals surface area contributed by atoms with Crippen LogP contribution in [-0.2, 0) is 4.74 Å². The van der Waals surface area contributed by atoms with Gasteiger partial charge in [-0.15, -0.1) is 13.2 Å². The van der Waals surface area contributed by atoms with Gasteiger partial charge in [-0.05, 0) is 46.4 Å². The van der Waals surface area contributed by atoms with Crippen LogP contribution >= 0.6 is 0 Å². The molecular weight excluding hydrogens is 445 g/mol. The van der Waals surface area contributed by atoms with Crippen molar-refractivity contribution in [3.8, 4) is 16.9 Å². The van der Waals surface area contributed by atoms with Gasteiger partial charge in [0.15, 0.2) is 5.75 Å². The van der Waals surface area contributed by atoms with Crippen molar-refractivity contribution in [2.45, 2.75) is 18.7 Å². The van der Waals surface area contributed by atoms with Gasteiger partial charge in [0.2, 0.25) is 0 Å². The molecule has 3 N–H and O–H groups in total. The third-order valence-electron chi connectivity index (χ3n) is 5.49. The second kappa shape index (κ2) is 9.91. The van der Waals surface area contributed by atoms with Gasteiger partial charge >= 0.3 is 12.5 Å². The molecular formula is C26H23F3N2O3. The summed E-state index contributed by atoms with van der Waals surface area (Å²) in [5.41, 5.74) is 10.7. The Morgan fingerprint density at radius 3 is 2.26 bits per heavy atom. The Hall–Kier alpha value is -3.94. The smallest absolute Gasteiger partial charge is 0.449 e. The third kappa shape index (κ3) is 5.51. The molecule has 8 heteroatoms. The Morgan fingerprint density at radius 1 is 1.00 bits per heavy atom. The fraction of sp³-hybridized carbons (Fsp3) is 0.192. The maximum Gasteiger partial charge on any atom is 0.573 e. The van der Waals surface area contributed by atoms with E-state index in [9.17, 15) is 18.0 Å². The molecule has 0 bridgehead atoms. The molecule has 0 heterocycles. The number of anilines is 1. The minimum atomic E-state index is -4.80. The Bertz CT molecular complexity index is 1160. The lowest BCUT2D eigenvalue weighted by molar-refractivity contribution is -0.274. The number of nitrogen functional groups attached to an aromatic ring is 1. The second-order valence-electron chi connectivity index (χ2n) is 7.79. The lowest BCUT2D eigenvalue weighted by Crippen LogP contribution is -2.26. The molecule has 1 amide bonds. The molecule has 0 atom stereocenters. The van der Waals surface area contributed by atoms with Gasteiger partial charge in [0, 0.05) is 12.5 Å². The summed E-state index contributed by atoms with van der Waals surface area (Å²) in [5.74, 6) is -0.450. The van der Waals surface area contributed by atoms with Gasteiger partial charge in [0.1, 0.15) is 6.61 Å². The maximum atomic E-state index is 12.3. The van der Waals surface area contributed by atoms with Crippen LogP contribution in [0.15, 0.2) is 72.8 Å². The van der Waals surface area contributed by atoms with Crippen LogP contribution in [0.5, 0.6) is 5.75 Å². The number of hydrogen-bond donors (Lipinski definition) is 2. The van der Waals surface area contributed by atoms with E-state index < -0.39 is 18.2 Å². The molecule has 0 saturated heterocycles. The topological polar surface area (TPSA) is 73.6 Å². The van der Waals surface area contributed by atoms with E-state index in [4.69, 9.17) is 10.5 Å². The number of nitrogens with one attached hydrogen (secondary N) is 1. The number of nitrogens with two attached hydrogens (primary N) is 1. The summed E-state index contributed by atoms with van der Waals surface area (Å²) < 4.78 is 46.3. The SMILES string of the molecule is Nc1cc(C=CCCNC(=O)OCC2c3ccccc3-c3ccccc32)ccc1OC(F)(F)F. The Labute approximate surface area is 195 Å². The van der Waals surface area contributed by atoms with Crippen molar-refractivity contribution >= 4 is 17.9 Å². The van der Waals surface area contributed by atoms with Gasteiger partial charge in [-0.3, -0.25) is 0 Å². The fourth-order valence-corrected chi connectivity index (χ4v) is 4.01. The molecule has 3 aromatic rings. The number of carbonyl (C=O) groups excluding carboxylic acids is 1. The first-order chi connectivity index (χ1) is 16.3. The number of rotatable bonds is 7. The third-order valence-corrected chi connectivity index (χ3v) is 5.49. The van der Waals surface area contributed by atoms with Gasteiger partial charge in [-0.1, -0.05) is 66.7 Å². The molecule has 4 rings (SSSR count). The molecule has 1 aliphatic carbocycles. The molecule has 0 aliphatic heterocycles. The zero-order valence-corrected chi connectivity index (χ0v) is 18.1. The van der Waals surface area contributed by atoms with Crippen LogP contribution in [0, 0.1) is 0 Å². The van der Waals surface area contributed by atoms with Gasteiger partial charge in [-0.2, -0.15) is 0 Å². The van der Waals surface area contributed by atoms with Crippen LogP contribution in [0.2, 0.25) is 0 Å². The highest BCUT2D eigenvalue weighted by Crippen LogP contribution is 2.44. The van der Waals surface area contributed by atoms with Gasteiger partial charge in [-0.25, -0.2) is 4.79 Å². The van der Waals surface area contributed by atoms with E-state index in [0.717, 1.165) is 28.3 Å². The van der Waals surface area contributed by atoms with E-state index in [0.29, 0.717) is 18.5 Å². The first-order valence-electron chi connectivity index (χ1n) is 10.7. The maximum absolute atomic E-state index is 12.3. The minimum Gasteiger partial charge on any atom is -0.449 e. The highest BCUT2D eigenvalue weighted by Gasteiger charge is 2.32. The minimum absolute atomic E-state index is 0.00667. The normalized spacial score (nSPS) is 12.9. The molecule has 0 spiro atoms. The number of carbonyl (C=O) groups is 1. The molecule has 3 aromatic carbocycles. The predicted octanol–water partition coefficient (Wildman–Crippen LogP) is 6.11. The van der Waals surface area contributed by atoms with Gasteiger partial charge in [0.05, 0.1) is 5.69 Å². The van der Waals surface area contributed by atoms with Crippen molar-refractivity contribution in [3.63, 3.8) is 0 Å². The van der Waals surface area contributed by atoms with Gasteiger partial charge < -0.3 is 20.5 Å². The summed E-state index contributed by atoms with van der Waals surface area (Å²) in [6, 6.07) is 20.2.